The summed E-state index contributed by atoms with van der Waals surface area (Å²) in [6.45, 7) is 4.00. The number of hydrogen-bond acceptors (Lipinski definition) is 4. The molecule has 2 aromatic heterocycles. The van der Waals surface area contributed by atoms with Gasteiger partial charge in [0, 0.05) is 33.2 Å². The third-order valence-corrected chi connectivity index (χ3v) is 6.77. The van der Waals surface area contributed by atoms with E-state index in [1.807, 2.05) is 62.4 Å². The van der Waals surface area contributed by atoms with Gasteiger partial charge in [-0.3, -0.25) is 19.2 Å². The number of ketones is 4. The molecule has 6 heteroatoms. The Labute approximate surface area is 196 Å². The quantitative estimate of drug-likeness (QED) is 0.325. The van der Waals surface area contributed by atoms with Crippen LogP contribution in [0, 0.1) is 0 Å². The molecule has 0 saturated heterocycles. The lowest BCUT2D eigenvalue weighted by atomic mass is 9.71. The molecule has 5 rings (SSSR count). The van der Waals surface area contributed by atoms with Gasteiger partial charge in [0.1, 0.15) is 11.8 Å². The molecular weight excluding hydrogens is 428 g/mol. The zero-order chi connectivity index (χ0) is 24.0. The predicted molar refractivity (Wildman–Crippen MR) is 130 cm³/mol. The lowest BCUT2D eigenvalue weighted by Crippen LogP contribution is -2.46. The smallest absolute Gasteiger partial charge is 0.214 e. The maximum absolute atomic E-state index is 13.5. The number of rotatable bonds is 6. The van der Waals surface area contributed by atoms with Gasteiger partial charge >= 0.3 is 0 Å². The van der Waals surface area contributed by atoms with Crippen LogP contribution >= 0.6 is 0 Å². The Kier molecular flexibility index (Phi) is 5.52. The van der Waals surface area contributed by atoms with Crippen molar-refractivity contribution in [3.63, 3.8) is 0 Å². The SMILES string of the molecule is CCCc1[nH]c2ccccc2c1C1C(=O)C(=O)C(c2c(CCC)[nH]c3ccccc23)C(=O)C1=O. The molecule has 0 spiro atoms. The lowest BCUT2D eigenvalue weighted by Gasteiger charge is -2.25. The summed E-state index contributed by atoms with van der Waals surface area (Å²) in [5, 5.41) is 1.41. The van der Waals surface area contributed by atoms with Gasteiger partial charge in [-0.05, 0) is 36.1 Å². The fourth-order valence-corrected chi connectivity index (χ4v) is 5.32. The molecule has 0 amide bonds. The summed E-state index contributed by atoms with van der Waals surface area (Å²) in [5.41, 5.74) is 3.97. The largest absolute Gasteiger partial charge is 0.358 e. The molecule has 2 N–H and O–H groups in total. The van der Waals surface area contributed by atoms with E-state index in [4.69, 9.17) is 0 Å². The normalized spacial score (nSPS) is 19.0. The van der Waals surface area contributed by atoms with Crippen molar-refractivity contribution in [1.82, 2.24) is 9.97 Å². The topological polar surface area (TPSA) is 99.9 Å². The van der Waals surface area contributed by atoms with E-state index in [0.29, 0.717) is 34.7 Å². The van der Waals surface area contributed by atoms with Crippen LogP contribution < -0.4 is 0 Å². The van der Waals surface area contributed by atoms with Crippen molar-refractivity contribution in [3.05, 3.63) is 71.0 Å². The molecule has 6 nitrogen and oxygen atoms in total. The number of aryl methyl sites for hydroxylation is 2. The number of aromatic nitrogens is 2. The molecule has 0 bridgehead atoms. The van der Waals surface area contributed by atoms with Gasteiger partial charge < -0.3 is 9.97 Å². The first-order valence-corrected chi connectivity index (χ1v) is 11.8. The zero-order valence-electron chi connectivity index (χ0n) is 19.2. The summed E-state index contributed by atoms with van der Waals surface area (Å²) in [7, 11) is 0. The molecule has 1 aliphatic carbocycles. The van der Waals surface area contributed by atoms with Crippen LogP contribution in [0.15, 0.2) is 48.5 Å². The van der Waals surface area contributed by atoms with Crippen LogP contribution in [0.25, 0.3) is 21.8 Å². The van der Waals surface area contributed by atoms with Gasteiger partial charge in [-0.2, -0.15) is 0 Å². The van der Waals surface area contributed by atoms with Gasteiger partial charge in [0.2, 0.25) is 23.1 Å². The molecule has 1 fully saturated rings. The summed E-state index contributed by atoms with van der Waals surface area (Å²) >= 11 is 0. The lowest BCUT2D eigenvalue weighted by molar-refractivity contribution is -0.151. The standard InChI is InChI=1S/C28H26N2O4/c1-3-9-19-21(15-11-5-7-13-17(15)29-19)23-25(31)27(33)24(28(34)26(23)32)22-16-12-6-8-14-18(16)30-20(22)10-4-2/h5-8,11-14,23-24,29-30H,3-4,9-10H2,1-2H3. The number of aromatic amines is 2. The molecule has 1 saturated carbocycles. The third-order valence-electron chi connectivity index (χ3n) is 6.77. The Morgan fingerprint density at radius 2 is 0.941 bits per heavy atom. The number of hydrogen-bond donors (Lipinski definition) is 2. The molecule has 0 atom stereocenters. The summed E-state index contributed by atoms with van der Waals surface area (Å²) in [6, 6.07) is 14.7. The molecule has 0 unspecified atom stereocenters. The van der Waals surface area contributed by atoms with E-state index < -0.39 is 35.0 Å². The molecule has 1 aliphatic rings. The van der Waals surface area contributed by atoms with Crippen LogP contribution in [0.3, 0.4) is 0 Å². The van der Waals surface area contributed by atoms with Gasteiger partial charge in [-0.15, -0.1) is 0 Å². The van der Waals surface area contributed by atoms with E-state index in [-0.39, 0.29) is 0 Å². The Balaban J connectivity index is 1.66. The number of fused-ring (bicyclic) bond motifs is 2. The summed E-state index contributed by atoms with van der Waals surface area (Å²) in [4.78, 5) is 60.8. The maximum Gasteiger partial charge on any atom is 0.214 e. The summed E-state index contributed by atoms with van der Waals surface area (Å²) in [6.07, 6.45) is 2.79. The number of benzene rings is 2. The van der Waals surface area contributed by atoms with E-state index in [9.17, 15) is 19.2 Å². The van der Waals surface area contributed by atoms with Crippen molar-refractivity contribution in [2.45, 2.75) is 51.4 Å². The number of carbonyl (C=O) groups is 4. The molecule has 0 radical (unpaired) electrons. The van der Waals surface area contributed by atoms with Crippen LogP contribution in [0.2, 0.25) is 0 Å². The van der Waals surface area contributed by atoms with E-state index in [1.54, 1.807) is 0 Å². The average molecular weight is 455 g/mol. The monoisotopic (exact) mass is 454 g/mol. The Morgan fingerprint density at radius 3 is 1.29 bits per heavy atom. The molecule has 34 heavy (non-hydrogen) atoms. The second-order valence-electron chi connectivity index (χ2n) is 8.95. The first kappa shape index (κ1) is 22.0. The minimum atomic E-state index is -1.39. The molecular formula is C28H26N2O4. The van der Waals surface area contributed by atoms with Crippen molar-refractivity contribution in [2.24, 2.45) is 0 Å². The van der Waals surface area contributed by atoms with Crippen LogP contribution in [0.1, 0.15) is 61.0 Å². The zero-order valence-corrected chi connectivity index (χ0v) is 19.2. The van der Waals surface area contributed by atoms with Crippen LogP contribution in [0.5, 0.6) is 0 Å². The number of Topliss-reactive ketones (excluding diaryl/α,β-unsaturated/α-hetero) is 4. The Morgan fingerprint density at radius 1 is 0.588 bits per heavy atom. The molecule has 2 heterocycles. The van der Waals surface area contributed by atoms with Crippen molar-refractivity contribution in [2.75, 3.05) is 0 Å². The fourth-order valence-electron chi connectivity index (χ4n) is 5.32. The highest BCUT2D eigenvalue weighted by Crippen LogP contribution is 2.40. The second kappa shape index (κ2) is 8.52. The number of para-hydroxylation sites is 2. The number of H-pyrrole nitrogens is 2. The van der Waals surface area contributed by atoms with Gasteiger partial charge in [0.25, 0.3) is 0 Å². The van der Waals surface area contributed by atoms with E-state index in [1.165, 1.54) is 0 Å². The highest BCUT2D eigenvalue weighted by molar-refractivity contribution is 6.64. The first-order chi connectivity index (χ1) is 16.5. The average Bonchev–Trinajstić information content (AvgIpc) is 3.37. The Hall–Kier alpha value is -3.80. The highest BCUT2D eigenvalue weighted by atomic mass is 16.2. The minimum Gasteiger partial charge on any atom is -0.358 e. The molecule has 2 aromatic carbocycles. The second-order valence-corrected chi connectivity index (χ2v) is 8.95. The fraction of sp³-hybridized carbons (Fsp3) is 0.286. The first-order valence-electron chi connectivity index (χ1n) is 11.8. The molecule has 0 aliphatic heterocycles. The van der Waals surface area contributed by atoms with Crippen molar-refractivity contribution in [1.29, 1.82) is 0 Å². The van der Waals surface area contributed by atoms with Crippen LogP contribution in [-0.4, -0.2) is 33.1 Å². The van der Waals surface area contributed by atoms with E-state index in [0.717, 1.165) is 35.3 Å². The molecule has 4 aromatic rings. The van der Waals surface area contributed by atoms with Crippen LogP contribution in [0.4, 0.5) is 0 Å². The highest BCUT2D eigenvalue weighted by Gasteiger charge is 2.52. The van der Waals surface area contributed by atoms with Gasteiger partial charge in [0.05, 0.1) is 0 Å². The summed E-state index contributed by atoms with van der Waals surface area (Å²) < 4.78 is 0. The Bertz CT molecular complexity index is 1330. The van der Waals surface area contributed by atoms with Crippen molar-refractivity contribution in [3.8, 4) is 0 Å². The maximum atomic E-state index is 13.5. The van der Waals surface area contributed by atoms with Crippen molar-refractivity contribution >= 4 is 44.9 Å². The van der Waals surface area contributed by atoms with Gasteiger partial charge in [-0.1, -0.05) is 63.1 Å². The van der Waals surface area contributed by atoms with E-state index >= 15 is 0 Å². The number of nitrogens with one attached hydrogen (secondary N) is 2. The minimum absolute atomic E-state index is 0.473. The third kappa shape index (κ3) is 3.24. The van der Waals surface area contributed by atoms with Gasteiger partial charge in [-0.25, -0.2) is 0 Å². The molecule has 172 valence electrons. The van der Waals surface area contributed by atoms with E-state index in [2.05, 4.69) is 9.97 Å². The number of carbonyl (C=O) groups excluding carboxylic acids is 4. The van der Waals surface area contributed by atoms with Gasteiger partial charge in [0.15, 0.2) is 0 Å². The van der Waals surface area contributed by atoms with Crippen molar-refractivity contribution < 1.29 is 19.2 Å². The predicted octanol–water partition coefficient (Wildman–Crippen LogP) is 4.71. The van der Waals surface area contributed by atoms with Crippen LogP contribution in [-0.2, 0) is 32.0 Å². The summed E-state index contributed by atoms with van der Waals surface area (Å²) in [5.74, 6) is -6.00.